The second-order valence-electron chi connectivity index (χ2n) is 4.34. The highest BCUT2D eigenvalue weighted by atomic mass is 16.6. The molecule has 0 radical (unpaired) electrons. The summed E-state index contributed by atoms with van der Waals surface area (Å²) in [6, 6.07) is 7.04. The third-order valence-electron chi connectivity index (χ3n) is 2.82. The van der Waals surface area contributed by atoms with E-state index in [9.17, 15) is 9.90 Å². The van der Waals surface area contributed by atoms with Crippen molar-refractivity contribution < 1.29 is 24.1 Å². The minimum atomic E-state index is -0.740. The Labute approximate surface area is 111 Å². The molecule has 1 aliphatic rings. The average Bonchev–Trinajstić information content (AvgIpc) is 2.68. The van der Waals surface area contributed by atoms with E-state index in [0.717, 1.165) is 0 Å². The van der Waals surface area contributed by atoms with Crippen molar-refractivity contribution in [3.63, 3.8) is 0 Å². The van der Waals surface area contributed by atoms with E-state index < -0.39 is 24.4 Å². The first-order valence-electron chi connectivity index (χ1n) is 6.01. The van der Waals surface area contributed by atoms with Crippen molar-refractivity contribution in [1.82, 2.24) is 0 Å². The van der Waals surface area contributed by atoms with Gasteiger partial charge in [-0.15, -0.1) is 0 Å². The molecule has 0 bridgehead atoms. The molecule has 1 unspecified atom stereocenters. The lowest BCUT2D eigenvalue weighted by Crippen LogP contribution is -2.38. The molecule has 2 rings (SSSR count). The first-order chi connectivity index (χ1) is 9.08. The summed E-state index contributed by atoms with van der Waals surface area (Å²) < 4.78 is 15.7. The predicted octanol–water partition coefficient (Wildman–Crippen LogP) is 0.173. The summed E-state index contributed by atoms with van der Waals surface area (Å²) in [6.07, 6.45) is -1.96. The lowest BCUT2D eigenvalue weighted by Gasteiger charge is -2.18. The summed E-state index contributed by atoms with van der Waals surface area (Å²) in [7, 11) is 0. The van der Waals surface area contributed by atoms with Crippen molar-refractivity contribution in [2.75, 3.05) is 6.61 Å². The number of benzene rings is 1. The average molecular weight is 267 g/mol. The number of nitrogens with two attached hydrogens (primary N) is 1. The van der Waals surface area contributed by atoms with E-state index in [1.807, 2.05) is 6.07 Å². The van der Waals surface area contributed by atoms with Crippen LogP contribution in [0.5, 0.6) is 5.75 Å². The zero-order chi connectivity index (χ0) is 13.8. The van der Waals surface area contributed by atoms with Gasteiger partial charge in [-0.3, -0.25) is 4.79 Å². The molecule has 1 saturated heterocycles. The lowest BCUT2D eigenvalue weighted by atomic mass is 10.2. The van der Waals surface area contributed by atoms with Gasteiger partial charge in [0.15, 0.2) is 0 Å². The number of esters is 1. The van der Waals surface area contributed by atoms with Gasteiger partial charge in [0, 0.05) is 12.5 Å². The normalized spacial score (nSPS) is 26.4. The fraction of sp³-hybridized carbons (Fsp3) is 0.462. The first kappa shape index (κ1) is 14.0. The number of ether oxygens (including phenoxy) is 3. The molecule has 1 aliphatic heterocycles. The molecule has 104 valence electrons. The standard InChI is InChI=1S/C13H17NO5/c1-8(15)19-11-5-3-2-4-9(11)6-17-12-10(16)7-18-13(12)14/h2-5,10,12-13,16H,6-7,14H2,1H3/t10-,12+,13?/m1/s1. The Hall–Kier alpha value is -1.47. The zero-order valence-electron chi connectivity index (χ0n) is 10.6. The Kier molecular flexibility index (Phi) is 4.49. The maximum atomic E-state index is 11.0. The van der Waals surface area contributed by atoms with Gasteiger partial charge >= 0.3 is 5.97 Å². The minimum Gasteiger partial charge on any atom is -0.426 e. The van der Waals surface area contributed by atoms with Gasteiger partial charge in [0.25, 0.3) is 0 Å². The van der Waals surface area contributed by atoms with Crippen molar-refractivity contribution in [1.29, 1.82) is 0 Å². The summed E-state index contributed by atoms with van der Waals surface area (Å²) in [6.45, 7) is 1.68. The van der Waals surface area contributed by atoms with Crippen LogP contribution in [-0.2, 0) is 20.9 Å². The van der Waals surface area contributed by atoms with Crippen LogP contribution in [0.1, 0.15) is 12.5 Å². The third kappa shape index (κ3) is 3.51. The van der Waals surface area contributed by atoms with Crippen LogP contribution in [0.25, 0.3) is 0 Å². The lowest BCUT2D eigenvalue weighted by molar-refractivity contribution is -0.132. The molecule has 0 amide bonds. The van der Waals surface area contributed by atoms with Gasteiger partial charge in [0.2, 0.25) is 0 Å². The molecule has 1 fully saturated rings. The molecule has 1 aromatic rings. The SMILES string of the molecule is CC(=O)Oc1ccccc1CO[C@@H]1C(N)OC[C@H]1O. The molecule has 0 aromatic heterocycles. The van der Waals surface area contributed by atoms with Crippen LogP contribution in [0.15, 0.2) is 24.3 Å². The number of hydrogen-bond acceptors (Lipinski definition) is 6. The van der Waals surface area contributed by atoms with E-state index in [4.69, 9.17) is 19.9 Å². The van der Waals surface area contributed by atoms with Gasteiger partial charge in [-0.1, -0.05) is 18.2 Å². The highest BCUT2D eigenvalue weighted by Gasteiger charge is 2.34. The summed E-state index contributed by atoms with van der Waals surface area (Å²) in [5.41, 5.74) is 6.37. The maximum absolute atomic E-state index is 11.0. The largest absolute Gasteiger partial charge is 0.426 e. The van der Waals surface area contributed by atoms with Gasteiger partial charge in [-0.05, 0) is 6.07 Å². The van der Waals surface area contributed by atoms with Crippen LogP contribution < -0.4 is 10.5 Å². The minimum absolute atomic E-state index is 0.164. The number of carbonyl (C=O) groups is 1. The first-order valence-corrected chi connectivity index (χ1v) is 6.01. The fourth-order valence-electron chi connectivity index (χ4n) is 1.89. The zero-order valence-corrected chi connectivity index (χ0v) is 10.6. The van der Waals surface area contributed by atoms with Crippen molar-refractivity contribution in [2.45, 2.75) is 32.0 Å². The van der Waals surface area contributed by atoms with Gasteiger partial charge in [-0.25, -0.2) is 0 Å². The van der Waals surface area contributed by atoms with E-state index in [-0.39, 0.29) is 13.2 Å². The van der Waals surface area contributed by atoms with Gasteiger partial charge in [0.05, 0.1) is 13.2 Å². The Balaban J connectivity index is 2.01. The van der Waals surface area contributed by atoms with E-state index in [1.165, 1.54) is 6.92 Å². The third-order valence-corrected chi connectivity index (χ3v) is 2.82. The summed E-state index contributed by atoms with van der Waals surface area (Å²) in [5, 5.41) is 9.64. The van der Waals surface area contributed by atoms with E-state index in [1.54, 1.807) is 18.2 Å². The summed E-state index contributed by atoms with van der Waals surface area (Å²) in [4.78, 5) is 11.0. The van der Waals surface area contributed by atoms with Crippen molar-refractivity contribution in [2.24, 2.45) is 5.73 Å². The maximum Gasteiger partial charge on any atom is 0.308 e. The smallest absolute Gasteiger partial charge is 0.308 e. The number of carbonyl (C=O) groups excluding carboxylic acids is 1. The van der Waals surface area contributed by atoms with Gasteiger partial charge in [-0.2, -0.15) is 0 Å². The topological polar surface area (TPSA) is 91.0 Å². The molecule has 6 heteroatoms. The Bertz CT molecular complexity index is 440. The highest BCUT2D eigenvalue weighted by molar-refractivity contribution is 5.69. The van der Waals surface area contributed by atoms with Gasteiger partial charge < -0.3 is 25.1 Å². The van der Waals surface area contributed by atoms with Crippen molar-refractivity contribution >= 4 is 5.97 Å². The van der Waals surface area contributed by atoms with E-state index in [0.29, 0.717) is 11.3 Å². The van der Waals surface area contributed by atoms with Gasteiger partial charge in [0.1, 0.15) is 24.2 Å². The van der Waals surface area contributed by atoms with Crippen LogP contribution in [0.4, 0.5) is 0 Å². The van der Waals surface area contributed by atoms with E-state index in [2.05, 4.69) is 0 Å². The molecule has 0 aliphatic carbocycles. The molecular formula is C13H17NO5. The molecule has 0 spiro atoms. The summed E-state index contributed by atoms with van der Waals surface area (Å²) >= 11 is 0. The molecule has 1 heterocycles. The van der Waals surface area contributed by atoms with E-state index >= 15 is 0 Å². The Morgan fingerprint density at radius 1 is 1.53 bits per heavy atom. The quantitative estimate of drug-likeness (QED) is 0.597. The second kappa shape index (κ2) is 6.12. The van der Waals surface area contributed by atoms with Crippen LogP contribution in [0, 0.1) is 0 Å². The molecular weight excluding hydrogens is 250 g/mol. The second-order valence-corrected chi connectivity index (χ2v) is 4.34. The molecule has 6 nitrogen and oxygen atoms in total. The summed E-state index contributed by atoms with van der Waals surface area (Å²) in [5.74, 6) is 0.0466. The van der Waals surface area contributed by atoms with Crippen molar-refractivity contribution in [3.05, 3.63) is 29.8 Å². The molecule has 3 atom stereocenters. The molecule has 19 heavy (non-hydrogen) atoms. The number of aliphatic hydroxyl groups is 1. The highest BCUT2D eigenvalue weighted by Crippen LogP contribution is 2.22. The van der Waals surface area contributed by atoms with Crippen molar-refractivity contribution in [3.8, 4) is 5.75 Å². The van der Waals surface area contributed by atoms with Crippen LogP contribution in [-0.4, -0.2) is 36.1 Å². The number of aliphatic hydroxyl groups excluding tert-OH is 1. The molecule has 3 N–H and O–H groups in total. The predicted molar refractivity (Wildman–Crippen MR) is 66.3 cm³/mol. The van der Waals surface area contributed by atoms with Crippen LogP contribution in [0.2, 0.25) is 0 Å². The molecule has 1 aromatic carbocycles. The monoisotopic (exact) mass is 267 g/mol. The number of hydrogen-bond donors (Lipinski definition) is 2. The fourth-order valence-corrected chi connectivity index (χ4v) is 1.89. The number of para-hydroxylation sites is 1. The number of rotatable bonds is 4. The van der Waals surface area contributed by atoms with Crippen LogP contribution in [0.3, 0.4) is 0 Å². The molecule has 0 saturated carbocycles. The Morgan fingerprint density at radius 3 is 2.89 bits per heavy atom. The Morgan fingerprint density at radius 2 is 2.26 bits per heavy atom. The van der Waals surface area contributed by atoms with Crippen LogP contribution >= 0.6 is 0 Å².